The predicted octanol–water partition coefficient (Wildman–Crippen LogP) is 1.83. The first-order valence-electron chi connectivity index (χ1n) is 0. The van der Waals surface area contributed by atoms with Crippen LogP contribution in [0.1, 0.15) is 0 Å². The van der Waals surface area contributed by atoms with E-state index in [-0.39, 0.29) is 49.4 Å². The second-order valence-corrected chi connectivity index (χ2v) is 0. The molecule has 0 aliphatic rings. The van der Waals surface area contributed by atoms with Crippen molar-refractivity contribution in [3.05, 3.63) is 0 Å². The molecule has 0 aromatic rings. The van der Waals surface area contributed by atoms with Crippen molar-refractivity contribution in [1.82, 2.24) is 0 Å². The van der Waals surface area contributed by atoms with E-state index < -0.39 is 0 Å². The van der Waals surface area contributed by atoms with Crippen LogP contribution in [0.15, 0.2) is 0 Å². The Labute approximate surface area is 50.4 Å². The maximum absolute atomic E-state index is 0. The van der Waals surface area contributed by atoms with Crippen molar-refractivity contribution in [3.63, 3.8) is 0 Å². The molecule has 0 aromatic heterocycles. The smallest absolute Gasteiger partial charge is 0 e. The fraction of sp³-hybridized carbons (Fsp3) is 0. The maximum atomic E-state index is 0. The van der Waals surface area contributed by atoms with Gasteiger partial charge in [-0.2, -0.15) is 0 Å². The fourth-order valence-electron chi connectivity index (χ4n) is 0. The summed E-state index contributed by atoms with van der Waals surface area (Å²) in [5.41, 5.74) is 0. The van der Waals surface area contributed by atoms with Gasteiger partial charge in [0, 0.05) is 13.5 Å². The van der Waals surface area contributed by atoms with Gasteiger partial charge >= 0.3 is 0 Å². The monoisotopic (exact) mass is 168 g/mol. The first kappa shape index (κ1) is 3430. The van der Waals surface area contributed by atoms with Crippen LogP contribution >= 0.6 is 25.9 Å². The van der Waals surface area contributed by atoms with E-state index in [0.717, 1.165) is 0 Å². The lowest BCUT2D eigenvalue weighted by molar-refractivity contribution is 1.11. The Hall–Kier alpha value is 0.290. The predicted molar refractivity (Wildman–Crippen MR) is 27.4 cm³/mol. The molecule has 0 nitrogen and oxygen atoms in total. The molecule has 0 bridgehead atoms. The van der Waals surface area contributed by atoms with Gasteiger partial charge in [-0.25, -0.2) is 0 Å². The summed E-state index contributed by atoms with van der Waals surface area (Å²) in [7, 11) is 0. The summed E-state index contributed by atoms with van der Waals surface area (Å²) in [5, 5.41) is 0. The van der Waals surface area contributed by atoms with Gasteiger partial charge < -0.3 is 0 Å². The van der Waals surface area contributed by atoms with Gasteiger partial charge in [0.2, 0.25) is 0 Å². The molecule has 0 rings (SSSR count). The van der Waals surface area contributed by atoms with E-state index in [1.165, 1.54) is 0 Å². The topological polar surface area (TPSA) is 0 Å². The van der Waals surface area contributed by atoms with Crippen LogP contribution in [0, 0.1) is 0 Å². The van der Waals surface area contributed by atoms with E-state index in [4.69, 9.17) is 0 Å². The van der Waals surface area contributed by atoms with Crippen LogP contribution < -0.4 is 0 Å². The summed E-state index contributed by atoms with van der Waals surface area (Å²) in [4.78, 5) is 0. The third-order valence-corrected chi connectivity index (χ3v) is 0. The summed E-state index contributed by atoms with van der Waals surface area (Å²) in [6.07, 6.45) is 0. The molecule has 0 heterocycles. The molecule has 54 valence electrons. The van der Waals surface area contributed by atoms with Gasteiger partial charge in [-0.3, -0.25) is 23.5 Å². The van der Waals surface area contributed by atoms with Crippen molar-refractivity contribution in [2.45, 2.75) is 0 Å². The number of hydrogen-bond acceptors (Lipinski definition) is 0. The summed E-state index contributed by atoms with van der Waals surface area (Å²) in [6.45, 7) is 0. The van der Waals surface area contributed by atoms with E-state index in [0.29, 0.717) is 0 Å². The second-order valence-electron chi connectivity index (χ2n) is 0. The standard InChI is InChI=1S/ClH.5FH.S/h6*1H;. The van der Waals surface area contributed by atoms with Crippen molar-refractivity contribution in [2.75, 3.05) is 0 Å². The third kappa shape index (κ3) is 1380. The molecule has 7 heteroatoms. The van der Waals surface area contributed by atoms with Crippen molar-refractivity contribution < 1.29 is 23.5 Å². The fourth-order valence-corrected chi connectivity index (χ4v) is 0. The molecule has 0 atom stereocenters. The molecule has 0 fully saturated rings. The Kier molecular flexibility index (Phi) is 1030000. The van der Waals surface area contributed by atoms with Crippen LogP contribution in [0.2, 0.25) is 0 Å². The number of halogens is 6. The first-order chi connectivity index (χ1) is 0. The average molecular weight is 169 g/mol. The minimum atomic E-state index is 0. The molecule has 0 unspecified atom stereocenters. The van der Waals surface area contributed by atoms with Gasteiger partial charge in [-0.15, -0.1) is 12.4 Å². The highest BCUT2D eigenvalue weighted by molar-refractivity contribution is 7.59. The van der Waals surface area contributed by atoms with E-state index >= 15 is 0 Å². The molecule has 0 aromatic carbocycles. The van der Waals surface area contributed by atoms with E-state index in [1.807, 2.05) is 0 Å². The zero-order chi connectivity index (χ0) is 0. The molecule has 0 saturated carbocycles. The van der Waals surface area contributed by atoms with E-state index in [9.17, 15) is 0 Å². The molecule has 0 amide bonds. The molecule has 7 heavy (non-hydrogen) atoms. The Morgan fingerprint density at radius 3 is 0.429 bits per heavy atom. The molecular formula is H6ClF5S. The number of hydrogen-bond donors (Lipinski definition) is 0. The molecule has 0 spiro atoms. The lowest BCUT2D eigenvalue weighted by Gasteiger charge is -0.270. The quantitative estimate of drug-likeness (QED) is 0.484. The number of rotatable bonds is 0. The molecule has 0 N–H and O–H groups in total. The van der Waals surface area contributed by atoms with Gasteiger partial charge in [0.1, 0.15) is 0 Å². The van der Waals surface area contributed by atoms with Gasteiger partial charge in [0.25, 0.3) is 0 Å². The van der Waals surface area contributed by atoms with Crippen molar-refractivity contribution in [3.8, 4) is 0 Å². The van der Waals surface area contributed by atoms with Crippen LogP contribution in [-0.2, 0) is 0 Å². The lowest BCUT2D eigenvalue weighted by atomic mass is 19.0. The second kappa shape index (κ2) is 2090. The SMILES string of the molecule is Cl.F.F.F.F.F.[S]. The van der Waals surface area contributed by atoms with Crippen LogP contribution in [0.4, 0.5) is 23.5 Å². The third-order valence-electron chi connectivity index (χ3n) is 0. The van der Waals surface area contributed by atoms with Crippen LogP contribution in [0.3, 0.4) is 0 Å². The maximum Gasteiger partial charge on any atom is 0 e. The van der Waals surface area contributed by atoms with Gasteiger partial charge in [0.05, 0.1) is 0 Å². The van der Waals surface area contributed by atoms with Crippen LogP contribution in [0.25, 0.3) is 0 Å². The Bertz CT molecular complexity index is 8.04. The van der Waals surface area contributed by atoms with Crippen molar-refractivity contribution in [2.24, 2.45) is 0 Å². The largest absolute Gasteiger partial charge is 0.269 e. The molecular weight excluding hydrogens is 163 g/mol. The molecule has 0 aliphatic carbocycles. The summed E-state index contributed by atoms with van der Waals surface area (Å²) in [5.74, 6) is 0. The van der Waals surface area contributed by atoms with Crippen LogP contribution in [0.5, 0.6) is 0 Å². The van der Waals surface area contributed by atoms with Crippen molar-refractivity contribution in [1.29, 1.82) is 0 Å². The summed E-state index contributed by atoms with van der Waals surface area (Å²) < 4.78 is 0. The zero-order valence-corrected chi connectivity index (χ0v) is 4.49. The highest BCUT2D eigenvalue weighted by atomic mass is 35.5. The van der Waals surface area contributed by atoms with E-state index in [2.05, 4.69) is 0 Å². The Morgan fingerprint density at radius 2 is 0.429 bits per heavy atom. The lowest BCUT2D eigenvalue weighted by Crippen LogP contribution is 0.419. The van der Waals surface area contributed by atoms with Gasteiger partial charge in [-0.1, -0.05) is 0 Å². The highest BCUT2D eigenvalue weighted by Crippen LogP contribution is 0.690. The van der Waals surface area contributed by atoms with Gasteiger partial charge in [-0.05, 0) is 0 Å². The average Bonchev–Trinajstić information content (AvgIpc) is 0. The first-order valence-corrected chi connectivity index (χ1v) is 0. The van der Waals surface area contributed by atoms with Crippen LogP contribution in [-0.4, -0.2) is 0 Å². The summed E-state index contributed by atoms with van der Waals surface area (Å²) in [6, 6.07) is 0. The minimum Gasteiger partial charge on any atom is -0.269 e. The van der Waals surface area contributed by atoms with Gasteiger partial charge in [0.15, 0.2) is 0 Å². The Balaban J connectivity index is 0. The van der Waals surface area contributed by atoms with E-state index in [1.54, 1.807) is 0 Å². The minimum absolute atomic E-state index is 0. The molecule has 0 aliphatic heterocycles. The zero-order valence-electron chi connectivity index (χ0n) is 2.86. The highest BCUT2D eigenvalue weighted by Gasteiger charge is 0.0000260. The molecule has 2 radical (unpaired) electrons. The normalized spacial score (nSPS) is 0. The molecule has 0 saturated heterocycles. The van der Waals surface area contributed by atoms with Crippen molar-refractivity contribution >= 4 is 25.9 Å². The summed E-state index contributed by atoms with van der Waals surface area (Å²) >= 11 is 0. The Morgan fingerprint density at radius 1 is 0.429 bits per heavy atom.